The van der Waals surface area contributed by atoms with Gasteiger partial charge in [-0.3, -0.25) is 0 Å². The Morgan fingerprint density at radius 1 is 0.861 bits per heavy atom. The molecule has 0 bridgehead atoms. The Labute approximate surface area is 244 Å². The first-order chi connectivity index (χ1) is 16.3. The molecule has 0 N–H and O–H groups in total. The summed E-state index contributed by atoms with van der Waals surface area (Å²) in [5.74, 6) is 0. The minimum Gasteiger partial charge on any atom is -1.00 e. The van der Waals surface area contributed by atoms with Crippen molar-refractivity contribution in [2.45, 2.75) is 34.1 Å². The van der Waals surface area contributed by atoms with E-state index in [0.29, 0.717) is 0 Å². The van der Waals surface area contributed by atoms with Gasteiger partial charge in [-0.1, -0.05) is 55.8 Å². The third-order valence-electron chi connectivity index (χ3n) is 5.86. The molecule has 0 aromatic heterocycles. The van der Waals surface area contributed by atoms with Crippen LogP contribution in [0.2, 0.25) is 0 Å². The van der Waals surface area contributed by atoms with Gasteiger partial charge in [-0.25, -0.2) is 11.6 Å². The number of fused-ring (bicyclic) bond motifs is 3. The molecule has 0 fully saturated rings. The normalized spacial score (nSPS) is 10.1. The van der Waals surface area contributed by atoms with E-state index < -0.39 is 0 Å². The molecule has 0 spiro atoms. The average Bonchev–Trinajstić information content (AvgIpc) is 3.40. The van der Waals surface area contributed by atoms with Crippen molar-refractivity contribution >= 4 is 15.4 Å². The summed E-state index contributed by atoms with van der Waals surface area (Å²) in [6.07, 6.45) is 4.74. The van der Waals surface area contributed by atoms with E-state index in [2.05, 4.69) is 114 Å². The van der Waals surface area contributed by atoms with Crippen molar-refractivity contribution in [2.75, 3.05) is 0 Å². The van der Waals surface area contributed by atoms with Crippen LogP contribution >= 0.6 is 0 Å². The molecule has 0 saturated carbocycles. The molecule has 0 radical (unpaired) electrons. The molecule has 0 unspecified atom stereocenters. The van der Waals surface area contributed by atoms with Crippen LogP contribution in [0.4, 0.5) is 0 Å². The molecule has 0 atom stereocenters. The predicted molar refractivity (Wildman–Crippen MR) is 146 cm³/mol. The molecule has 1 aliphatic carbocycles. The van der Waals surface area contributed by atoms with E-state index in [1.165, 1.54) is 77.5 Å². The minimum atomic E-state index is 0. The molecule has 0 amide bonds. The number of hydrogen-bond acceptors (Lipinski definition) is 0. The van der Waals surface area contributed by atoms with Gasteiger partial charge in [0.1, 0.15) is 0 Å². The Balaban J connectivity index is 0.000000293. The molecular formula is C33H32Cl2Zr-2. The van der Waals surface area contributed by atoms with Crippen LogP contribution in [0.3, 0.4) is 0 Å². The van der Waals surface area contributed by atoms with Crippen LogP contribution < -0.4 is 24.8 Å². The summed E-state index contributed by atoms with van der Waals surface area (Å²) in [5, 5.41) is 0. The summed E-state index contributed by atoms with van der Waals surface area (Å²) in [6, 6.07) is 29.1. The van der Waals surface area contributed by atoms with Gasteiger partial charge in [0.05, 0.1) is 0 Å². The van der Waals surface area contributed by atoms with Crippen LogP contribution in [0, 0.1) is 26.8 Å². The molecule has 0 aliphatic heterocycles. The summed E-state index contributed by atoms with van der Waals surface area (Å²) in [4.78, 5) is 0. The first-order valence-corrected chi connectivity index (χ1v) is 12.8. The largest absolute Gasteiger partial charge is 1.00 e. The molecule has 0 heterocycles. The van der Waals surface area contributed by atoms with Crippen molar-refractivity contribution in [1.29, 1.82) is 0 Å². The van der Waals surface area contributed by atoms with E-state index in [1.807, 2.05) is 18.2 Å². The number of aryl methyl sites for hydroxylation is 3. The van der Waals surface area contributed by atoms with Crippen LogP contribution in [0.5, 0.6) is 0 Å². The van der Waals surface area contributed by atoms with Gasteiger partial charge in [0.25, 0.3) is 0 Å². The van der Waals surface area contributed by atoms with Crippen LogP contribution in [0.15, 0.2) is 86.0 Å². The molecule has 4 aromatic carbocycles. The molecule has 184 valence electrons. The van der Waals surface area contributed by atoms with Crippen LogP contribution in [0.1, 0.15) is 51.4 Å². The summed E-state index contributed by atoms with van der Waals surface area (Å²) in [6.45, 7) is 16.1. The minimum absolute atomic E-state index is 0. The van der Waals surface area contributed by atoms with Gasteiger partial charge >= 0.3 is 76.7 Å². The van der Waals surface area contributed by atoms with Crippen LogP contribution in [0.25, 0.3) is 23.3 Å². The molecule has 3 heteroatoms. The third-order valence-corrected chi connectivity index (χ3v) is 6.57. The molecule has 4 aromatic rings. The van der Waals surface area contributed by atoms with E-state index in [-0.39, 0.29) is 24.8 Å². The molecule has 0 nitrogen and oxygen atoms in total. The molecule has 0 saturated heterocycles. The van der Waals surface area contributed by atoms with Gasteiger partial charge in [0.2, 0.25) is 0 Å². The van der Waals surface area contributed by atoms with E-state index in [0.717, 1.165) is 12.0 Å². The number of rotatable bonds is 3. The second-order valence-electron chi connectivity index (χ2n) is 8.78. The summed E-state index contributed by atoms with van der Waals surface area (Å²) in [5.41, 5.74) is 13.0. The van der Waals surface area contributed by atoms with Gasteiger partial charge in [0.15, 0.2) is 0 Å². The first kappa shape index (κ1) is 31.9. The third kappa shape index (κ3) is 8.74. The molecule has 5 rings (SSSR count). The quantitative estimate of drug-likeness (QED) is 0.284. The first-order valence-electron chi connectivity index (χ1n) is 11.6. The van der Waals surface area contributed by atoms with Crippen molar-refractivity contribution in [1.82, 2.24) is 0 Å². The fourth-order valence-corrected chi connectivity index (χ4v) is 4.30. The zero-order valence-electron chi connectivity index (χ0n) is 21.5. The summed E-state index contributed by atoms with van der Waals surface area (Å²) in [7, 11) is 0. The SMILES string of the molecule is C=Cc1c[c-]c2c(c1)-c1cc(C=C)ccc1C2.C[C](=[Zr+2])c1ccc(C)cc1.Cc1c[cH-]c(C)c1.[Cl-].[Cl-]. The van der Waals surface area contributed by atoms with E-state index in [4.69, 9.17) is 0 Å². The van der Waals surface area contributed by atoms with Crippen LogP contribution in [-0.2, 0) is 30.7 Å². The fraction of sp³-hybridized carbons (Fsp3) is 0.152. The van der Waals surface area contributed by atoms with Crippen molar-refractivity contribution in [2.24, 2.45) is 0 Å². The topological polar surface area (TPSA) is 0 Å². The zero-order valence-corrected chi connectivity index (χ0v) is 25.4. The maximum atomic E-state index is 3.82. The maximum Gasteiger partial charge on any atom is -0.0635 e. The van der Waals surface area contributed by atoms with Crippen molar-refractivity contribution in [3.8, 4) is 11.1 Å². The van der Waals surface area contributed by atoms with Gasteiger partial charge in [0, 0.05) is 0 Å². The van der Waals surface area contributed by atoms with E-state index in [1.54, 1.807) is 0 Å². The molecular weight excluding hydrogens is 558 g/mol. The van der Waals surface area contributed by atoms with Crippen LogP contribution in [-0.4, -0.2) is 3.21 Å². The second kappa shape index (κ2) is 15.2. The number of hydrogen-bond donors (Lipinski definition) is 0. The van der Waals surface area contributed by atoms with Gasteiger partial charge < -0.3 is 24.8 Å². The molecule has 36 heavy (non-hydrogen) atoms. The Morgan fingerprint density at radius 3 is 2.00 bits per heavy atom. The average molecular weight is 591 g/mol. The smallest absolute Gasteiger partial charge is 0.0635 e. The van der Waals surface area contributed by atoms with Gasteiger partial charge in [-0.2, -0.15) is 41.5 Å². The molecule has 1 aliphatic rings. The maximum absolute atomic E-state index is 3.82. The van der Waals surface area contributed by atoms with E-state index in [9.17, 15) is 0 Å². The Bertz CT molecular complexity index is 1240. The van der Waals surface area contributed by atoms with Gasteiger partial charge in [-0.05, 0) is 12.0 Å². The number of benzene rings is 3. The fourth-order valence-electron chi connectivity index (χ4n) is 3.89. The van der Waals surface area contributed by atoms with E-state index >= 15 is 0 Å². The Hall–Kier alpha value is -2.18. The number of halogens is 2. The Morgan fingerprint density at radius 2 is 1.50 bits per heavy atom. The van der Waals surface area contributed by atoms with Crippen molar-refractivity contribution in [3.63, 3.8) is 0 Å². The zero-order chi connectivity index (χ0) is 24.7. The summed E-state index contributed by atoms with van der Waals surface area (Å²) >= 11 is 1.51. The van der Waals surface area contributed by atoms with Crippen molar-refractivity contribution < 1.29 is 49.0 Å². The van der Waals surface area contributed by atoms with Crippen molar-refractivity contribution in [3.05, 3.63) is 137 Å². The standard InChI is InChI=1S/C17H13.C9H10.C7H9.2ClH.Zr/c1-3-12-5-7-14-11-15-8-6-13(4-2)10-17(15)16(14)9-12;1-3-9-6-4-8(2)5-7-9;1-6-3-4-7(2)5-6;;;/h3-7,9-10H,1-2,11H2;4-7H,1-2H3;3-5H,1-2H3;2*1H;/q-1;;-1;;;+2/p-2. The van der Waals surface area contributed by atoms with Gasteiger partial charge in [-0.15, -0.1) is 23.8 Å². The second-order valence-corrected chi connectivity index (χ2v) is 10.6. The Kier molecular flexibility index (Phi) is 13.4. The summed E-state index contributed by atoms with van der Waals surface area (Å²) < 4.78 is 1.46. The monoisotopic (exact) mass is 588 g/mol. The predicted octanol–water partition coefficient (Wildman–Crippen LogP) is 2.46.